The second-order valence-electron chi connectivity index (χ2n) is 18.3. The molecule has 0 atom stereocenters. The van der Waals surface area contributed by atoms with E-state index >= 15 is 0 Å². The molecule has 0 amide bonds. The Balaban J connectivity index is 1.09. The SMILES string of the molecule is c1ccc(-c2ccccc2-c2cccc(N(c3ccc4c(c3)C(c3ccccc3)(c3ccccc3)c3ccccc3-4)c3ccc4c(c3)C(c3ccccc3)(c3ccccc3)c3ccccc3-4)c2)cc1. The second kappa shape index (κ2) is 16.5. The molecule has 1 nitrogen and oxygen atoms in total. The molecule has 324 valence electrons. The van der Waals surface area contributed by atoms with Crippen LogP contribution in [0.4, 0.5) is 17.1 Å². The highest BCUT2D eigenvalue weighted by Gasteiger charge is 2.48. The largest absolute Gasteiger partial charge is 0.310 e. The first-order valence-corrected chi connectivity index (χ1v) is 24.0. The van der Waals surface area contributed by atoms with E-state index in [9.17, 15) is 0 Å². The third-order valence-corrected chi connectivity index (χ3v) is 14.8. The van der Waals surface area contributed by atoms with Crippen molar-refractivity contribution < 1.29 is 0 Å². The van der Waals surface area contributed by atoms with Crippen LogP contribution in [0, 0.1) is 0 Å². The molecular formula is C68H47N. The van der Waals surface area contributed by atoms with Crippen LogP contribution in [-0.4, -0.2) is 0 Å². The topological polar surface area (TPSA) is 3.24 Å². The molecule has 0 fully saturated rings. The minimum absolute atomic E-state index is 0.554. The normalized spacial score (nSPS) is 13.4. The van der Waals surface area contributed by atoms with Crippen molar-refractivity contribution in [2.45, 2.75) is 10.8 Å². The summed E-state index contributed by atoms with van der Waals surface area (Å²) in [5.41, 5.74) is 22.1. The molecule has 1 heteroatoms. The minimum atomic E-state index is -0.554. The molecule has 0 bridgehead atoms. The van der Waals surface area contributed by atoms with Crippen molar-refractivity contribution in [1.29, 1.82) is 0 Å². The Kier molecular flexibility index (Phi) is 9.70. The molecule has 2 aliphatic rings. The summed E-state index contributed by atoms with van der Waals surface area (Å²) in [4.78, 5) is 2.50. The van der Waals surface area contributed by atoms with E-state index in [0.717, 1.165) is 22.6 Å². The molecule has 0 spiro atoms. The van der Waals surface area contributed by atoms with Gasteiger partial charge < -0.3 is 4.90 Å². The van der Waals surface area contributed by atoms with Crippen LogP contribution in [0.5, 0.6) is 0 Å². The maximum Gasteiger partial charge on any atom is 0.0714 e. The molecule has 0 radical (unpaired) electrons. The summed E-state index contributed by atoms with van der Waals surface area (Å²) in [5.74, 6) is 0. The van der Waals surface area contributed by atoms with Crippen molar-refractivity contribution in [3.05, 3.63) is 330 Å². The Hall–Kier alpha value is -8.78. The van der Waals surface area contributed by atoms with Crippen LogP contribution in [0.3, 0.4) is 0 Å². The summed E-state index contributed by atoms with van der Waals surface area (Å²) in [5, 5.41) is 0. The maximum absolute atomic E-state index is 2.50. The third-order valence-electron chi connectivity index (χ3n) is 14.8. The Morgan fingerprint density at radius 1 is 0.203 bits per heavy atom. The lowest BCUT2D eigenvalue weighted by Crippen LogP contribution is -2.29. The van der Waals surface area contributed by atoms with Gasteiger partial charge in [-0.05, 0) is 125 Å². The monoisotopic (exact) mass is 877 g/mol. The number of nitrogens with zero attached hydrogens (tertiary/aromatic N) is 1. The third kappa shape index (κ3) is 6.24. The van der Waals surface area contributed by atoms with E-state index < -0.39 is 10.8 Å². The summed E-state index contributed by atoms with van der Waals surface area (Å²) in [7, 11) is 0. The Labute approximate surface area is 404 Å². The fraction of sp³-hybridized carbons (Fsp3) is 0.0294. The Morgan fingerprint density at radius 2 is 0.522 bits per heavy atom. The van der Waals surface area contributed by atoms with E-state index in [1.165, 1.54) is 83.5 Å². The molecule has 11 aromatic carbocycles. The Morgan fingerprint density at radius 3 is 0.957 bits per heavy atom. The van der Waals surface area contributed by atoms with E-state index in [1.807, 2.05) is 0 Å². The van der Waals surface area contributed by atoms with Gasteiger partial charge >= 0.3 is 0 Å². The fourth-order valence-electron chi connectivity index (χ4n) is 12.0. The zero-order valence-corrected chi connectivity index (χ0v) is 38.1. The van der Waals surface area contributed by atoms with Crippen LogP contribution in [0.2, 0.25) is 0 Å². The molecule has 0 unspecified atom stereocenters. The molecule has 0 saturated heterocycles. The van der Waals surface area contributed by atoms with Crippen LogP contribution >= 0.6 is 0 Å². The van der Waals surface area contributed by atoms with Crippen molar-refractivity contribution in [2.75, 3.05) is 4.90 Å². The van der Waals surface area contributed by atoms with Gasteiger partial charge in [0.15, 0.2) is 0 Å². The smallest absolute Gasteiger partial charge is 0.0714 e. The molecule has 0 aromatic heterocycles. The molecule has 13 rings (SSSR count). The van der Waals surface area contributed by atoms with Crippen LogP contribution in [0.15, 0.2) is 285 Å². The van der Waals surface area contributed by atoms with E-state index in [-0.39, 0.29) is 0 Å². The van der Waals surface area contributed by atoms with Gasteiger partial charge in [-0.15, -0.1) is 0 Å². The molecule has 0 aliphatic heterocycles. The summed E-state index contributed by atoms with van der Waals surface area (Å²) < 4.78 is 0. The average Bonchev–Trinajstić information content (AvgIpc) is 3.90. The fourth-order valence-corrected chi connectivity index (χ4v) is 12.0. The van der Waals surface area contributed by atoms with Crippen molar-refractivity contribution in [3.8, 4) is 44.5 Å². The van der Waals surface area contributed by atoms with E-state index in [0.29, 0.717) is 0 Å². The predicted molar refractivity (Wildman–Crippen MR) is 287 cm³/mol. The summed E-state index contributed by atoms with van der Waals surface area (Å²) >= 11 is 0. The summed E-state index contributed by atoms with van der Waals surface area (Å²) in [6.07, 6.45) is 0. The highest BCUT2D eigenvalue weighted by molar-refractivity contribution is 5.93. The van der Waals surface area contributed by atoms with Gasteiger partial charge in [-0.2, -0.15) is 0 Å². The molecule has 0 saturated carbocycles. The van der Waals surface area contributed by atoms with Gasteiger partial charge in [0.1, 0.15) is 0 Å². The Bertz CT molecular complexity index is 3390. The van der Waals surface area contributed by atoms with Crippen molar-refractivity contribution >= 4 is 17.1 Å². The highest BCUT2D eigenvalue weighted by Crippen LogP contribution is 2.59. The van der Waals surface area contributed by atoms with Gasteiger partial charge in [0.2, 0.25) is 0 Å². The zero-order valence-electron chi connectivity index (χ0n) is 38.1. The molecule has 69 heavy (non-hydrogen) atoms. The molecule has 0 N–H and O–H groups in total. The number of anilines is 3. The molecule has 2 aliphatic carbocycles. The summed E-state index contributed by atoms with van der Waals surface area (Å²) in [6.45, 7) is 0. The highest BCUT2D eigenvalue weighted by atomic mass is 15.1. The molecule has 11 aromatic rings. The van der Waals surface area contributed by atoms with Crippen molar-refractivity contribution in [1.82, 2.24) is 0 Å². The average molecular weight is 878 g/mol. The van der Waals surface area contributed by atoms with E-state index in [2.05, 4.69) is 290 Å². The molecular weight excluding hydrogens is 831 g/mol. The van der Waals surface area contributed by atoms with Crippen molar-refractivity contribution in [2.24, 2.45) is 0 Å². The lowest BCUT2D eigenvalue weighted by Gasteiger charge is -2.36. The second-order valence-corrected chi connectivity index (χ2v) is 18.3. The number of rotatable bonds is 9. The first-order chi connectivity index (χ1) is 34.2. The van der Waals surface area contributed by atoms with Crippen LogP contribution in [0.1, 0.15) is 44.5 Å². The number of fused-ring (bicyclic) bond motifs is 6. The van der Waals surface area contributed by atoms with Gasteiger partial charge in [-0.1, -0.05) is 249 Å². The molecule has 0 heterocycles. The van der Waals surface area contributed by atoms with Gasteiger partial charge in [0.05, 0.1) is 10.8 Å². The number of benzene rings is 11. The minimum Gasteiger partial charge on any atom is -0.310 e. The van der Waals surface area contributed by atoms with Crippen LogP contribution in [0.25, 0.3) is 44.5 Å². The van der Waals surface area contributed by atoms with E-state index in [4.69, 9.17) is 0 Å². The number of hydrogen-bond donors (Lipinski definition) is 0. The predicted octanol–water partition coefficient (Wildman–Crippen LogP) is 17.2. The first-order valence-electron chi connectivity index (χ1n) is 24.0. The van der Waals surface area contributed by atoms with Gasteiger partial charge in [-0.25, -0.2) is 0 Å². The maximum atomic E-state index is 2.50. The van der Waals surface area contributed by atoms with E-state index in [1.54, 1.807) is 0 Å². The lowest BCUT2D eigenvalue weighted by molar-refractivity contribution is 0.767. The van der Waals surface area contributed by atoms with Gasteiger partial charge in [0.25, 0.3) is 0 Å². The first kappa shape index (κ1) is 40.5. The van der Waals surface area contributed by atoms with Gasteiger partial charge in [-0.3, -0.25) is 0 Å². The quantitative estimate of drug-likeness (QED) is 0.140. The van der Waals surface area contributed by atoms with Crippen LogP contribution < -0.4 is 4.90 Å². The van der Waals surface area contributed by atoms with Crippen LogP contribution in [-0.2, 0) is 10.8 Å². The van der Waals surface area contributed by atoms with Gasteiger partial charge in [0, 0.05) is 17.1 Å². The van der Waals surface area contributed by atoms with Crippen molar-refractivity contribution in [3.63, 3.8) is 0 Å². The summed E-state index contributed by atoms with van der Waals surface area (Å²) in [6, 6.07) is 106. The zero-order chi connectivity index (χ0) is 45.8. The standard InChI is InChI=1S/C68H47N/c1-6-23-48(24-7-1)57-35-16-17-36-58(57)49-25-22-34-54(45-49)69(55-41-43-61-59-37-18-20-39-63(59)67(65(61)46-55,50-26-8-2-9-27-50)51-28-10-3-11-29-51)56-42-44-62-60-38-19-21-40-64(60)68(66(62)47-56,52-30-12-4-13-31-52)53-32-14-5-15-33-53/h1-47H. The lowest BCUT2D eigenvalue weighted by atomic mass is 9.67. The number of hydrogen-bond acceptors (Lipinski definition) is 1.